The molecule has 0 saturated heterocycles. The van der Waals surface area contributed by atoms with Crippen molar-refractivity contribution in [1.29, 1.82) is 0 Å². The van der Waals surface area contributed by atoms with Gasteiger partial charge >= 0.3 is 0 Å². The Balaban J connectivity index is 1.56. The van der Waals surface area contributed by atoms with E-state index in [-0.39, 0.29) is 11.8 Å². The largest absolute Gasteiger partial charge is 0.493 e. The molecule has 2 amide bonds. The summed E-state index contributed by atoms with van der Waals surface area (Å²) in [7, 11) is 3.08. The molecule has 2 N–H and O–H groups in total. The number of hydrogen-bond acceptors (Lipinski definition) is 5. The number of amides is 2. The Morgan fingerprint density at radius 1 is 0.737 bits per heavy atom. The maximum atomic E-state index is 13.6. The van der Waals surface area contributed by atoms with E-state index in [0.717, 1.165) is 27.3 Å². The number of aryl methyl sites for hydroxylation is 2. The number of rotatable bonds is 9. The number of carbonyl (C=O) groups excluding carboxylic acids is 2. The van der Waals surface area contributed by atoms with Crippen LogP contribution in [0.15, 0.2) is 95.9 Å². The van der Waals surface area contributed by atoms with E-state index >= 15 is 0 Å². The van der Waals surface area contributed by atoms with Crippen molar-refractivity contribution < 1.29 is 19.1 Å². The van der Waals surface area contributed by atoms with E-state index in [9.17, 15) is 9.59 Å². The van der Waals surface area contributed by atoms with Crippen molar-refractivity contribution in [1.82, 2.24) is 0 Å². The van der Waals surface area contributed by atoms with Crippen LogP contribution in [0.2, 0.25) is 0 Å². The molecule has 0 bridgehead atoms. The molecule has 0 radical (unpaired) electrons. The minimum atomic E-state index is -0.494. The van der Waals surface area contributed by atoms with Gasteiger partial charge in [-0.2, -0.15) is 0 Å². The molecular formula is C31H30N2O4S. The molecule has 0 heterocycles. The van der Waals surface area contributed by atoms with Crippen LogP contribution in [0.25, 0.3) is 0 Å². The van der Waals surface area contributed by atoms with Gasteiger partial charge in [-0.25, -0.2) is 0 Å². The second-order valence-corrected chi connectivity index (χ2v) is 9.89. The van der Waals surface area contributed by atoms with E-state index in [0.29, 0.717) is 22.7 Å². The normalized spacial score (nSPS) is 11.4. The second-order valence-electron chi connectivity index (χ2n) is 8.72. The smallest absolute Gasteiger partial charge is 0.255 e. The molecule has 7 heteroatoms. The average Bonchev–Trinajstić information content (AvgIpc) is 2.94. The summed E-state index contributed by atoms with van der Waals surface area (Å²) in [6, 6.07) is 28.1. The molecule has 38 heavy (non-hydrogen) atoms. The lowest BCUT2D eigenvalue weighted by Crippen LogP contribution is -2.20. The molecular weight excluding hydrogens is 496 g/mol. The minimum absolute atomic E-state index is 0.113. The van der Waals surface area contributed by atoms with Crippen molar-refractivity contribution in [3.05, 3.63) is 113 Å². The summed E-state index contributed by atoms with van der Waals surface area (Å²) >= 11 is 1.43. The van der Waals surface area contributed by atoms with Crippen molar-refractivity contribution in [2.75, 3.05) is 24.9 Å². The molecule has 6 nitrogen and oxygen atoms in total. The van der Waals surface area contributed by atoms with Gasteiger partial charge in [0.1, 0.15) is 5.25 Å². The topological polar surface area (TPSA) is 76.7 Å². The van der Waals surface area contributed by atoms with Gasteiger partial charge in [0.05, 0.1) is 14.2 Å². The third kappa shape index (κ3) is 6.36. The zero-order valence-electron chi connectivity index (χ0n) is 21.8. The third-order valence-electron chi connectivity index (χ3n) is 6.06. The quantitative estimate of drug-likeness (QED) is 0.229. The molecule has 0 saturated carbocycles. The first-order chi connectivity index (χ1) is 18.4. The Labute approximate surface area is 227 Å². The van der Waals surface area contributed by atoms with Gasteiger partial charge in [0.15, 0.2) is 11.5 Å². The number of nitrogens with one attached hydrogen (secondary N) is 2. The summed E-state index contributed by atoms with van der Waals surface area (Å²) < 4.78 is 10.6. The Hall–Kier alpha value is -4.23. The van der Waals surface area contributed by atoms with Crippen LogP contribution in [0, 0.1) is 13.8 Å². The highest BCUT2D eigenvalue weighted by Crippen LogP contribution is 2.38. The van der Waals surface area contributed by atoms with Crippen LogP contribution in [0.4, 0.5) is 11.4 Å². The highest BCUT2D eigenvalue weighted by atomic mass is 32.2. The van der Waals surface area contributed by atoms with Gasteiger partial charge in [0.2, 0.25) is 5.91 Å². The summed E-state index contributed by atoms with van der Waals surface area (Å²) in [5, 5.41) is 5.58. The molecule has 4 aromatic rings. The number of ether oxygens (including phenoxy) is 2. The van der Waals surface area contributed by atoms with Crippen LogP contribution in [0.5, 0.6) is 11.5 Å². The highest BCUT2D eigenvalue weighted by molar-refractivity contribution is 8.00. The molecule has 0 aliphatic heterocycles. The number of para-hydroxylation sites is 1. The molecule has 194 valence electrons. The first-order valence-electron chi connectivity index (χ1n) is 12.1. The lowest BCUT2D eigenvalue weighted by molar-refractivity contribution is -0.115. The second kappa shape index (κ2) is 12.3. The van der Waals surface area contributed by atoms with Gasteiger partial charge < -0.3 is 20.1 Å². The number of methoxy groups -OCH3 is 2. The van der Waals surface area contributed by atoms with Crippen molar-refractivity contribution in [2.24, 2.45) is 0 Å². The predicted molar refractivity (Wildman–Crippen MR) is 154 cm³/mol. The molecule has 4 rings (SSSR count). The van der Waals surface area contributed by atoms with Crippen molar-refractivity contribution in [2.45, 2.75) is 24.0 Å². The zero-order valence-corrected chi connectivity index (χ0v) is 22.6. The molecule has 0 fully saturated rings. The summed E-state index contributed by atoms with van der Waals surface area (Å²) in [5.74, 6) is 0.637. The molecule has 0 aliphatic rings. The molecule has 0 aliphatic carbocycles. The van der Waals surface area contributed by atoms with Gasteiger partial charge in [-0.1, -0.05) is 54.6 Å². The van der Waals surface area contributed by atoms with E-state index in [1.165, 1.54) is 18.9 Å². The Morgan fingerprint density at radius 3 is 2.11 bits per heavy atom. The molecule has 1 unspecified atom stereocenters. The fourth-order valence-corrected chi connectivity index (χ4v) is 5.15. The lowest BCUT2D eigenvalue weighted by atomic mass is 10.1. The monoisotopic (exact) mass is 526 g/mol. The third-order valence-corrected chi connectivity index (χ3v) is 7.31. The van der Waals surface area contributed by atoms with Crippen LogP contribution in [-0.2, 0) is 4.79 Å². The lowest BCUT2D eigenvalue weighted by Gasteiger charge is -2.19. The highest BCUT2D eigenvalue weighted by Gasteiger charge is 2.23. The maximum absolute atomic E-state index is 13.6. The van der Waals surface area contributed by atoms with E-state index < -0.39 is 5.25 Å². The molecule has 0 spiro atoms. The SMILES string of the molecule is COc1ccc(C(=O)Nc2cccc(SC(C(=O)Nc3c(C)cccc3C)c3ccccc3)c2)cc1OC. The zero-order chi connectivity index (χ0) is 27.1. The van der Waals surface area contributed by atoms with Gasteiger partial charge in [0, 0.05) is 21.8 Å². The van der Waals surface area contributed by atoms with Crippen LogP contribution in [0.3, 0.4) is 0 Å². The Bertz CT molecular complexity index is 1420. The van der Waals surface area contributed by atoms with E-state index in [1.54, 1.807) is 25.3 Å². The minimum Gasteiger partial charge on any atom is -0.493 e. The summed E-state index contributed by atoms with van der Waals surface area (Å²) in [4.78, 5) is 27.3. The van der Waals surface area contributed by atoms with Crippen LogP contribution in [-0.4, -0.2) is 26.0 Å². The first-order valence-corrected chi connectivity index (χ1v) is 13.0. The van der Waals surface area contributed by atoms with E-state index in [4.69, 9.17) is 9.47 Å². The first kappa shape index (κ1) is 26.8. The van der Waals surface area contributed by atoms with Crippen molar-refractivity contribution in [3.63, 3.8) is 0 Å². The Morgan fingerprint density at radius 2 is 1.42 bits per heavy atom. The van der Waals surface area contributed by atoms with Gasteiger partial charge in [-0.3, -0.25) is 9.59 Å². The van der Waals surface area contributed by atoms with Gasteiger partial charge in [0.25, 0.3) is 5.91 Å². The van der Waals surface area contributed by atoms with Crippen LogP contribution >= 0.6 is 11.8 Å². The maximum Gasteiger partial charge on any atom is 0.255 e. The standard InChI is InChI=1S/C31H30N2O4S/c1-20-10-8-11-21(2)28(20)33-31(35)29(22-12-6-5-7-13-22)38-25-15-9-14-24(19-25)32-30(34)23-16-17-26(36-3)27(18-23)37-4/h5-19,29H,1-4H3,(H,32,34)(H,33,35). The fraction of sp³-hybridized carbons (Fsp3) is 0.161. The molecule has 1 atom stereocenters. The van der Waals surface area contributed by atoms with Crippen LogP contribution in [0.1, 0.15) is 32.3 Å². The summed E-state index contributed by atoms with van der Waals surface area (Å²) in [6.45, 7) is 3.97. The molecule has 4 aromatic carbocycles. The number of anilines is 2. The van der Waals surface area contributed by atoms with Crippen molar-refractivity contribution >= 4 is 35.0 Å². The van der Waals surface area contributed by atoms with Crippen LogP contribution < -0.4 is 20.1 Å². The van der Waals surface area contributed by atoms with Gasteiger partial charge in [-0.15, -0.1) is 11.8 Å². The van der Waals surface area contributed by atoms with E-state index in [1.807, 2.05) is 86.6 Å². The number of benzene rings is 4. The molecule has 0 aromatic heterocycles. The summed E-state index contributed by atoms with van der Waals surface area (Å²) in [6.07, 6.45) is 0. The number of hydrogen-bond donors (Lipinski definition) is 2. The Kier molecular flexibility index (Phi) is 8.71. The van der Waals surface area contributed by atoms with E-state index in [2.05, 4.69) is 10.6 Å². The fourth-order valence-electron chi connectivity index (χ4n) is 4.07. The number of carbonyl (C=O) groups is 2. The summed E-state index contributed by atoms with van der Waals surface area (Å²) in [5.41, 5.74) is 4.80. The number of thioether (sulfide) groups is 1. The average molecular weight is 527 g/mol. The van der Waals surface area contributed by atoms with Gasteiger partial charge in [-0.05, 0) is 66.9 Å². The van der Waals surface area contributed by atoms with Crippen molar-refractivity contribution in [3.8, 4) is 11.5 Å². The predicted octanol–water partition coefficient (Wildman–Crippen LogP) is 7.05.